The Morgan fingerprint density at radius 1 is 1.27 bits per heavy atom. The highest BCUT2D eigenvalue weighted by Gasteiger charge is 2.41. The predicted octanol–water partition coefficient (Wildman–Crippen LogP) is 0.519. The van der Waals surface area contributed by atoms with Crippen molar-refractivity contribution >= 4 is 0 Å². The lowest BCUT2D eigenvalue weighted by Gasteiger charge is -2.28. The predicted molar refractivity (Wildman–Crippen MR) is 33.0 cm³/mol. The standard InChI is InChI=1S/C6H10F3NO/c7-6(8,9)4-1-5(11)3-10-2-4/h4-5,10-11H,1-3H2/t4-,5?/m1/s1. The maximum absolute atomic E-state index is 12.0. The summed E-state index contributed by atoms with van der Waals surface area (Å²) in [7, 11) is 0. The number of hydrogen-bond donors (Lipinski definition) is 2. The molecule has 0 aromatic heterocycles. The largest absolute Gasteiger partial charge is 0.393 e. The molecule has 2 atom stereocenters. The Hall–Kier alpha value is -0.290. The summed E-state index contributed by atoms with van der Waals surface area (Å²) < 4.78 is 35.9. The monoisotopic (exact) mass is 169 g/mol. The Kier molecular flexibility index (Phi) is 2.39. The van der Waals surface area contributed by atoms with Gasteiger partial charge in [0.15, 0.2) is 0 Å². The molecule has 1 aliphatic heterocycles. The number of nitrogens with one attached hydrogen (secondary N) is 1. The second-order valence-corrected chi connectivity index (χ2v) is 2.79. The second-order valence-electron chi connectivity index (χ2n) is 2.79. The average Bonchev–Trinajstić information content (AvgIpc) is 1.86. The van der Waals surface area contributed by atoms with Crippen molar-refractivity contribution in [3.05, 3.63) is 0 Å². The van der Waals surface area contributed by atoms with E-state index < -0.39 is 18.2 Å². The van der Waals surface area contributed by atoms with Gasteiger partial charge >= 0.3 is 6.18 Å². The van der Waals surface area contributed by atoms with E-state index in [1.54, 1.807) is 0 Å². The average molecular weight is 169 g/mol. The van der Waals surface area contributed by atoms with Crippen molar-refractivity contribution in [2.45, 2.75) is 18.7 Å². The molecule has 1 saturated heterocycles. The van der Waals surface area contributed by atoms with Crippen LogP contribution in [0.3, 0.4) is 0 Å². The Morgan fingerprint density at radius 2 is 1.91 bits per heavy atom. The number of aliphatic hydroxyl groups is 1. The smallest absolute Gasteiger partial charge is 0.392 e. The van der Waals surface area contributed by atoms with Gasteiger partial charge in [0.25, 0.3) is 0 Å². The van der Waals surface area contributed by atoms with Crippen LogP contribution in [0.15, 0.2) is 0 Å². The molecule has 5 heteroatoms. The molecule has 11 heavy (non-hydrogen) atoms. The van der Waals surface area contributed by atoms with Crippen molar-refractivity contribution < 1.29 is 18.3 Å². The Labute approximate surface area is 62.4 Å². The summed E-state index contributed by atoms with van der Waals surface area (Å²) in [5.41, 5.74) is 0. The fraction of sp³-hybridized carbons (Fsp3) is 1.00. The molecule has 66 valence electrons. The first-order chi connectivity index (χ1) is 5.00. The molecule has 1 aliphatic rings. The number of hydrogen-bond acceptors (Lipinski definition) is 2. The summed E-state index contributed by atoms with van der Waals surface area (Å²) in [4.78, 5) is 0. The topological polar surface area (TPSA) is 32.3 Å². The van der Waals surface area contributed by atoms with E-state index in [0.717, 1.165) is 0 Å². The lowest BCUT2D eigenvalue weighted by molar-refractivity contribution is -0.185. The van der Waals surface area contributed by atoms with Crippen LogP contribution in [0.4, 0.5) is 13.2 Å². The molecule has 0 aromatic carbocycles. The third kappa shape index (κ3) is 2.34. The van der Waals surface area contributed by atoms with Crippen LogP contribution in [0.25, 0.3) is 0 Å². The molecule has 2 N–H and O–H groups in total. The summed E-state index contributed by atoms with van der Waals surface area (Å²) in [6, 6.07) is 0. The molecule has 1 rings (SSSR count). The van der Waals surface area contributed by atoms with Crippen LogP contribution in [-0.2, 0) is 0 Å². The van der Waals surface area contributed by atoms with E-state index >= 15 is 0 Å². The minimum atomic E-state index is -4.17. The Morgan fingerprint density at radius 3 is 2.27 bits per heavy atom. The molecule has 1 heterocycles. The molecule has 0 aromatic rings. The number of halogens is 3. The van der Waals surface area contributed by atoms with E-state index in [1.807, 2.05) is 0 Å². The summed E-state index contributed by atoms with van der Waals surface area (Å²) in [5, 5.41) is 11.4. The highest BCUT2D eigenvalue weighted by molar-refractivity contribution is 4.79. The maximum Gasteiger partial charge on any atom is 0.393 e. The lowest BCUT2D eigenvalue weighted by atomic mass is 9.97. The Balaban J connectivity index is 2.46. The third-order valence-electron chi connectivity index (χ3n) is 1.79. The van der Waals surface area contributed by atoms with Crippen molar-refractivity contribution in [2.75, 3.05) is 13.1 Å². The van der Waals surface area contributed by atoms with Gasteiger partial charge in [-0.3, -0.25) is 0 Å². The van der Waals surface area contributed by atoms with Crippen molar-refractivity contribution in [1.82, 2.24) is 5.32 Å². The summed E-state index contributed by atoms with van der Waals surface area (Å²) in [6.45, 7) is 0.202. The normalized spacial score (nSPS) is 33.8. The lowest BCUT2D eigenvalue weighted by Crippen LogP contribution is -2.45. The van der Waals surface area contributed by atoms with E-state index in [4.69, 9.17) is 5.11 Å². The SMILES string of the molecule is OC1CNC[C@H](C(F)(F)F)C1. The van der Waals surface area contributed by atoms with E-state index in [-0.39, 0.29) is 19.5 Å². The van der Waals surface area contributed by atoms with Gasteiger partial charge in [0.05, 0.1) is 12.0 Å². The van der Waals surface area contributed by atoms with Crippen LogP contribution in [-0.4, -0.2) is 30.5 Å². The molecule has 0 radical (unpaired) electrons. The van der Waals surface area contributed by atoms with Crippen LogP contribution in [0.5, 0.6) is 0 Å². The minimum Gasteiger partial charge on any atom is -0.392 e. The van der Waals surface area contributed by atoms with E-state index in [9.17, 15) is 13.2 Å². The quantitative estimate of drug-likeness (QED) is 0.554. The molecular formula is C6H10F3NO. The van der Waals surface area contributed by atoms with Crippen LogP contribution in [0.2, 0.25) is 0 Å². The van der Waals surface area contributed by atoms with Gasteiger partial charge in [-0.25, -0.2) is 0 Å². The fourth-order valence-corrected chi connectivity index (χ4v) is 1.17. The fourth-order valence-electron chi connectivity index (χ4n) is 1.17. The molecule has 0 spiro atoms. The first kappa shape index (κ1) is 8.80. The van der Waals surface area contributed by atoms with E-state index in [0.29, 0.717) is 0 Å². The summed E-state index contributed by atoms with van der Waals surface area (Å²) >= 11 is 0. The van der Waals surface area contributed by atoms with Gasteiger partial charge < -0.3 is 10.4 Å². The first-order valence-electron chi connectivity index (χ1n) is 3.45. The molecule has 0 aliphatic carbocycles. The molecule has 1 unspecified atom stereocenters. The zero-order valence-corrected chi connectivity index (χ0v) is 5.86. The Bertz CT molecular complexity index is 136. The summed E-state index contributed by atoms with van der Waals surface area (Å²) in [6.07, 6.45) is -5.19. The summed E-state index contributed by atoms with van der Waals surface area (Å²) in [5.74, 6) is -1.38. The van der Waals surface area contributed by atoms with Gasteiger partial charge in [0.2, 0.25) is 0 Å². The maximum atomic E-state index is 12.0. The first-order valence-corrected chi connectivity index (χ1v) is 3.45. The number of rotatable bonds is 0. The minimum absolute atomic E-state index is 0.0689. The number of piperidine rings is 1. The zero-order chi connectivity index (χ0) is 8.48. The molecule has 0 saturated carbocycles. The van der Waals surface area contributed by atoms with Crippen LogP contribution >= 0.6 is 0 Å². The second kappa shape index (κ2) is 2.98. The van der Waals surface area contributed by atoms with Gasteiger partial charge in [-0.15, -0.1) is 0 Å². The molecule has 0 bridgehead atoms. The van der Waals surface area contributed by atoms with Crippen molar-refractivity contribution in [3.8, 4) is 0 Å². The van der Waals surface area contributed by atoms with Crippen LogP contribution in [0.1, 0.15) is 6.42 Å². The van der Waals surface area contributed by atoms with Gasteiger partial charge in [0, 0.05) is 13.1 Å². The highest BCUT2D eigenvalue weighted by atomic mass is 19.4. The molecule has 0 amide bonds. The van der Waals surface area contributed by atoms with E-state index in [1.165, 1.54) is 0 Å². The van der Waals surface area contributed by atoms with Crippen molar-refractivity contribution in [1.29, 1.82) is 0 Å². The van der Waals surface area contributed by atoms with E-state index in [2.05, 4.69) is 5.32 Å². The number of aliphatic hydroxyl groups excluding tert-OH is 1. The molecule has 2 nitrogen and oxygen atoms in total. The number of β-amino-alcohol motifs (C(OH)–C–C–N with tert-alkyl or cyclic N) is 1. The molecular weight excluding hydrogens is 159 g/mol. The third-order valence-corrected chi connectivity index (χ3v) is 1.79. The van der Waals surface area contributed by atoms with Gasteiger partial charge in [-0.1, -0.05) is 0 Å². The van der Waals surface area contributed by atoms with Gasteiger partial charge in [0.1, 0.15) is 0 Å². The number of alkyl halides is 3. The molecule has 1 fully saturated rings. The van der Waals surface area contributed by atoms with Crippen molar-refractivity contribution in [3.63, 3.8) is 0 Å². The van der Waals surface area contributed by atoms with Crippen molar-refractivity contribution in [2.24, 2.45) is 5.92 Å². The van der Waals surface area contributed by atoms with Crippen LogP contribution < -0.4 is 5.32 Å². The zero-order valence-electron chi connectivity index (χ0n) is 5.86. The van der Waals surface area contributed by atoms with Gasteiger partial charge in [-0.2, -0.15) is 13.2 Å². The van der Waals surface area contributed by atoms with Crippen LogP contribution in [0, 0.1) is 5.92 Å². The van der Waals surface area contributed by atoms with Gasteiger partial charge in [-0.05, 0) is 6.42 Å². The highest BCUT2D eigenvalue weighted by Crippen LogP contribution is 2.30.